The summed E-state index contributed by atoms with van der Waals surface area (Å²) in [6.07, 6.45) is 0. The molecule has 0 aliphatic carbocycles. The highest BCUT2D eigenvalue weighted by atomic mass is 79.9. The fourth-order valence-corrected chi connectivity index (χ4v) is 3.77. The highest BCUT2D eigenvalue weighted by Gasteiger charge is 2.20. The fourth-order valence-electron chi connectivity index (χ4n) is 2.44. The van der Waals surface area contributed by atoms with Gasteiger partial charge in [0.25, 0.3) is 5.91 Å². The second-order valence-electron chi connectivity index (χ2n) is 5.95. The van der Waals surface area contributed by atoms with Gasteiger partial charge in [-0.25, -0.2) is 13.6 Å². The lowest BCUT2D eigenvalue weighted by Crippen LogP contribution is -2.35. The Kier molecular flexibility index (Phi) is 7.38. The third-order valence-electron chi connectivity index (χ3n) is 3.78. The number of anilines is 1. The number of carbonyl (C=O) groups is 2. The molecule has 3 rings (SSSR count). The molecular formula is C20H10BrCl3F2N2O3. The Morgan fingerprint density at radius 2 is 1.55 bits per heavy atom. The second kappa shape index (κ2) is 9.82. The van der Waals surface area contributed by atoms with Crippen LogP contribution in [0.15, 0.2) is 53.0 Å². The van der Waals surface area contributed by atoms with E-state index >= 15 is 0 Å². The molecule has 31 heavy (non-hydrogen) atoms. The molecule has 0 saturated carbocycles. The maximum absolute atomic E-state index is 13.7. The molecule has 0 saturated heterocycles. The first-order valence-corrected chi connectivity index (χ1v) is 10.3. The summed E-state index contributed by atoms with van der Waals surface area (Å²) in [6, 6.07) is 9.31. The second-order valence-corrected chi connectivity index (χ2v) is 8.06. The summed E-state index contributed by atoms with van der Waals surface area (Å²) in [7, 11) is 0. The number of urea groups is 1. The van der Waals surface area contributed by atoms with E-state index in [2.05, 4.69) is 21.2 Å². The minimum Gasteiger partial charge on any atom is -0.453 e. The summed E-state index contributed by atoms with van der Waals surface area (Å²) >= 11 is 21.6. The molecule has 0 unspecified atom stereocenters. The predicted octanol–water partition coefficient (Wildman–Crippen LogP) is 7.44. The van der Waals surface area contributed by atoms with Gasteiger partial charge in [0.1, 0.15) is 22.9 Å². The Balaban J connectivity index is 1.74. The van der Waals surface area contributed by atoms with Crippen LogP contribution < -0.4 is 15.4 Å². The monoisotopic (exact) mass is 548 g/mol. The van der Waals surface area contributed by atoms with Crippen molar-refractivity contribution in [2.45, 2.75) is 0 Å². The Labute approximate surface area is 198 Å². The first kappa shape index (κ1) is 23.3. The quantitative estimate of drug-likeness (QED) is 0.355. The van der Waals surface area contributed by atoms with E-state index in [0.29, 0.717) is 15.2 Å². The number of benzene rings is 3. The molecule has 3 amide bonds. The molecule has 5 nitrogen and oxygen atoms in total. The van der Waals surface area contributed by atoms with E-state index in [4.69, 9.17) is 39.5 Å². The number of ether oxygens (including phenoxy) is 1. The number of hydrogen-bond donors (Lipinski definition) is 2. The molecule has 0 bridgehead atoms. The number of halogens is 6. The minimum absolute atomic E-state index is 0.0520. The predicted molar refractivity (Wildman–Crippen MR) is 119 cm³/mol. The lowest BCUT2D eigenvalue weighted by Gasteiger charge is -2.13. The van der Waals surface area contributed by atoms with Gasteiger partial charge in [0.05, 0.1) is 14.5 Å². The smallest absolute Gasteiger partial charge is 0.326 e. The number of hydrogen-bond acceptors (Lipinski definition) is 3. The first-order valence-electron chi connectivity index (χ1n) is 8.34. The average Bonchev–Trinajstić information content (AvgIpc) is 2.65. The van der Waals surface area contributed by atoms with Gasteiger partial charge in [-0.05, 0) is 58.4 Å². The molecule has 0 aromatic heterocycles. The van der Waals surface area contributed by atoms with Crippen LogP contribution in [0, 0.1) is 11.6 Å². The maximum Gasteiger partial charge on any atom is 0.326 e. The van der Waals surface area contributed by atoms with Crippen molar-refractivity contribution in [1.29, 1.82) is 0 Å². The minimum atomic E-state index is -1.25. The molecule has 0 spiro atoms. The van der Waals surface area contributed by atoms with E-state index in [1.54, 1.807) is 18.2 Å². The van der Waals surface area contributed by atoms with E-state index in [1.165, 1.54) is 12.1 Å². The van der Waals surface area contributed by atoms with Crippen LogP contribution in [-0.2, 0) is 0 Å². The number of carbonyl (C=O) groups excluding carboxylic acids is 2. The first-order chi connectivity index (χ1) is 14.7. The molecule has 2 N–H and O–H groups in total. The summed E-state index contributed by atoms with van der Waals surface area (Å²) < 4.78 is 33.6. The topological polar surface area (TPSA) is 67.4 Å². The van der Waals surface area contributed by atoms with E-state index < -0.39 is 29.1 Å². The van der Waals surface area contributed by atoms with Gasteiger partial charge >= 0.3 is 6.03 Å². The van der Waals surface area contributed by atoms with E-state index in [1.807, 2.05) is 5.32 Å². The Morgan fingerprint density at radius 3 is 2.13 bits per heavy atom. The highest BCUT2D eigenvalue weighted by Crippen LogP contribution is 2.41. The van der Waals surface area contributed by atoms with Gasteiger partial charge in [-0.1, -0.05) is 40.9 Å². The van der Waals surface area contributed by atoms with Crippen molar-refractivity contribution in [1.82, 2.24) is 5.32 Å². The van der Waals surface area contributed by atoms with Crippen molar-refractivity contribution in [2.75, 3.05) is 5.32 Å². The van der Waals surface area contributed by atoms with E-state index in [0.717, 1.165) is 18.2 Å². The van der Waals surface area contributed by atoms with Crippen LogP contribution in [0.3, 0.4) is 0 Å². The number of imide groups is 1. The van der Waals surface area contributed by atoms with Crippen molar-refractivity contribution in [3.05, 3.63) is 85.3 Å². The van der Waals surface area contributed by atoms with Crippen LogP contribution in [-0.4, -0.2) is 11.9 Å². The molecule has 0 fully saturated rings. The summed E-state index contributed by atoms with van der Waals surface area (Å²) in [4.78, 5) is 24.1. The van der Waals surface area contributed by atoms with E-state index in [9.17, 15) is 18.4 Å². The lowest BCUT2D eigenvalue weighted by molar-refractivity contribution is 0.0959. The van der Waals surface area contributed by atoms with Gasteiger partial charge < -0.3 is 10.1 Å². The van der Waals surface area contributed by atoms with Gasteiger partial charge in [0, 0.05) is 10.7 Å². The van der Waals surface area contributed by atoms with Crippen LogP contribution in [0.1, 0.15) is 10.4 Å². The molecular weight excluding hydrogens is 540 g/mol. The fraction of sp³-hybridized carbons (Fsp3) is 0. The molecule has 0 atom stereocenters. The zero-order valence-corrected chi connectivity index (χ0v) is 19.0. The van der Waals surface area contributed by atoms with Crippen molar-refractivity contribution in [3.8, 4) is 11.5 Å². The zero-order chi connectivity index (χ0) is 22.7. The van der Waals surface area contributed by atoms with Crippen LogP contribution in [0.5, 0.6) is 11.5 Å². The molecule has 0 aliphatic heterocycles. The molecule has 11 heteroatoms. The number of nitrogens with one attached hydrogen (secondary N) is 2. The van der Waals surface area contributed by atoms with Crippen molar-refractivity contribution in [3.63, 3.8) is 0 Å². The van der Waals surface area contributed by atoms with Gasteiger partial charge in [0.15, 0.2) is 5.75 Å². The van der Waals surface area contributed by atoms with E-state index in [-0.39, 0.29) is 21.5 Å². The number of rotatable bonds is 4. The van der Waals surface area contributed by atoms with Gasteiger partial charge in [-0.3, -0.25) is 10.1 Å². The summed E-state index contributed by atoms with van der Waals surface area (Å²) in [5, 5.41) is 4.73. The Hall–Kier alpha value is -2.39. The lowest BCUT2D eigenvalue weighted by atomic mass is 10.2. The average molecular weight is 551 g/mol. The van der Waals surface area contributed by atoms with Crippen LogP contribution in [0.4, 0.5) is 19.3 Å². The molecule has 160 valence electrons. The molecule has 0 heterocycles. The van der Waals surface area contributed by atoms with Crippen LogP contribution in [0.2, 0.25) is 15.1 Å². The van der Waals surface area contributed by atoms with Gasteiger partial charge in [0.2, 0.25) is 0 Å². The molecule has 0 aliphatic rings. The Morgan fingerprint density at radius 1 is 0.935 bits per heavy atom. The standard InChI is InChI=1S/C20H10BrCl3F2N2O3/c21-11-6-9(22)4-5-16(11)31-18-12(23)7-10(8-13(18)24)27-20(30)28-19(29)17-14(25)2-1-3-15(17)26/h1-8H,(H2,27,28,29,30). The van der Waals surface area contributed by atoms with Crippen LogP contribution >= 0.6 is 50.7 Å². The van der Waals surface area contributed by atoms with Crippen LogP contribution in [0.25, 0.3) is 0 Å². The largest absolute Gasteiger partial charge is 0.453 e. The summed E-state index contributed by atoms with van der Waals surface area (Å²) in [6.45, 7) is 0. The molecule has 3 aromatic carbocycles. The highest BCUT2D eigenvalue weighted by molar-refractivity contribution is 9.10. The third-order valence-corrected chi connectivity index (χ3v) is 5.20. The third kappa shape index (κ3) is 5.65. The van der Waals surface area contributed by atoms with Crippen molar-refractivity contribution < 1.29 is 23.1 Å². The summed E-state index contributed by atoms with van der Waals surface area (Å²) in [5.74, 6) is -2.96. The SMILES string of the molecule is O=C(NC(=O)c1c(F)cccc1F)Nc1cc(Cl)c(Oc2ccc(Cl)cc2Br)c(Cl)c1. The molecule has 3 aromatic rings. The van der Waals surface area contributed by atoms with Crippen molar-refractivity contribution in [2.24, 2.45) is 0 Å². The normalized spacial score (nSPS) is 10.5. The van der Waals surface area contributed by atoms with Crippen molar-refractivity contribution >= 4 is 68.4 Å². The molecule has 0 radical (unpaired) electrons. The van der Waals surface area contributed by atoms with Gasteiger partial charge in [-0.2, -0.15) is 0 Å². The maximum atomic E-state index is 13.7. The number of amides is 3. The zero-order valence-electron chi connectivity index (χ0n) is 15.1. The summed E-state index contributed by atoms with van der Waals surface area (Å²) in [5.41, 5.74) is -0.775. The van der Waals surface area contributed by atoms with Gasteiger partial charge in [-0.15, -0.1) is 0 Å². The Bertz CT molecular complexity index is 1150.